The maximum Gasteiger partial charge on any atom is 0.241 e. The van der Waals surface area contributed by atoms with Gasteiger partial charge in [0, 0.05) is 41.2 Å². The van der Waals surface area contributed by atoms with Crippen molar-refractivity contribution >= 4 is 39.8 Å². The number of nitrogens with one attached hydrogen (secondary N) is 1. The van der Waals surface area contributed by atoms with Crippen molar-refractivity contribution in [1.29, 1.82) is 5.26 Å². The van der Waals surface area contributed by atoms with Crippen LogP contribution in [-0.2, 0) is 11.4 Å². The van der Waals surface area contributed by atoms with E-state index in [2.05, 4.69) is 21.4 Å². The second-order valence-electron chi connectivity index (χ2n) is 9.05. The molecule has 0 aliphatic heterocycles. The number of ether oxygens (including phenoxy) is 2. The molecule has 0 fully saturated rings. The third-order valence-corrected chi connectivity index (χ3v) is 6.34. The van der Waals surface area contributed by atoms with Gasteiger partial charge in [-0.1, -0.05) is 23.7 Å². The first kappa shape index (κ1) is 28.4. The van der Waals surface area contributed by atoms with Gasteiger partial charge < -0.3 is 20.5 Å². The Kier molecular flexibility index (Phi) is 9.17. The number of benzene rings is 2. The number of primary amides is 1. The molecule has 2 aromatic carbocycles. The summed E-state index contributed by atoms with van der Waals surface area (Å²) in [5, 5.41) is 14.4. The molecule has 9 nitrogen and oxygen atoms in total. The average Bonchev–Trinajstić information content (AvgIpc) is 2.93. The maximum atomic E-state index is 11.5. The number of nitriles is 1. The highest BCUT2D eigenvalue weighted by molar-refractivity contribution is 6.32. The predicted octanol–water partition coefficient (Wildman–Crippen LogP) is 5.52. The van der Waals surface area contributed by atoms with E-state index in [1.165, 1.54) is 12.3 Å². The SMILES string of the molecule is CCOc1cc2ncc(C#N)c(Nc3ccc(OCc4ccccn4)c(Cl)c3)c2cc1C(/C=C/C(N)=O)N(C)C. The van der Waals surface area contributed by atoms with Gasteiger partial charge in [0.2, 0.25) is 5.91 Å². The molecular weight excluding hydrogens is 528 g/mol. The van der Waals surface area contributed by atoms with E-state index in [-0.39, 0.29) is 12.6 Å². The van der Waals surface area contributed by atoms with Crippen LogP contribution in [0.4, 0.5) is 11.4 Å². The molecule has 10 heteroatoms. The molecule has 0 spiro atoms. The number of amides is 1. The molecule has 0 bridgehead atoms. The van der Waals surface area contributed by atoms with E-state index in [1.54, 1.807) is 24.4 Å². The Bertz CT molecular complexity index is 1580. The number of fused-ring (bicyclic) bond motifs is 1. The lowest BCUT2D eigenvalue weighted by Crippen LogP contribution is -2.20. The molecule has 0 radical (unpaired) electrons. The molecule has 3 N–H and O–H groups in total. The van der Waals surface area contributed by atoms with Gasteiger partial charge in [-0.2, -0.15) is 5.26 Å². The number of carbonyl (C=O) groups is 1. The van der Waals surface area contributed by atoms with Crippen LogP contribution in [0, 0.1) is 11.3 Å². The Hall–Kier alpha value is -4.65. The number of pyridine rings is 2. The van der Waals surface area contributed by atoms with Crippen LogP contribution in [0.2, 0.25) is 5.02 Å². The second-order valence-corrected chi connectivity index (χ2v) is 9.46. The summed E-state index contributed by atoms with van der Waals surface area (Å²) in [4.78, 5) is 22.2. The summed E-state index contributed by atoms with van der Waals surface area (Å²) in [5.41, 5.74) is 9.14. The topological polar surface area (TPSA) is 126 Å². The number of hydrogen-bond acceptors (Lipinski definition) is 8. The maximum absolute atomic E-state index is 11.5. The molecule has 0 saturated carbocycles. The fraction of sp³-hybridized carbons (Fsp3) is 0.200. The third-order valence-electron chi connectivity index (χ3n) is 6.04. The lowest BCUT2D eigenvalue weighted by Gasteiger charge is -2.25. The van der Waals surface area contributed by atoms with E-state index >= 15 is 0 Å². The minimum atomic E-state index is -0.550. The van der Waals surface area contributed by atoms with Crippen molar-refractivity contribution in [2.24, 2.45) is 5.73 Å². The van der Waals surface area contributed by atoms with Crippen LogP contribution in [-0.4, -0.2) is 41.5 Å². The van der Waals surface area contributed by atoms with Gasteiger partial charge in [-0.25, -0.2) is 0 Å². The molecular formula is C30H29ClN6O3. The van der Waals surface area contributed by atoms with Crippen LogP contribution in [0.1, 0.15) is 29.8 Å². The molecule has 40 heavy (non-hydrogen) atoms. The standard InChI is InChI=1S/C30H29ClN6O3/c1-4-39-28-15-25-22(14-23(28)26(37(2)3)9-11-29(33)38)30(19(16-32)17-35-25)36-20-8-10-27(24(31)13-20)40-18-21-7-5-6-12-34-21/h5-15,17,26H,4,18H2,1-3H3,(H2,33,38)(H,35,36)/b11-9+. The van der Waals surface area contributed by atoms with Gasteiger partial charge in [0.05, 0.1) is 40.1 Å². The van der Waals surface area contributed by atoms with Crippen molar-refractivity contribution in [3.05, 3.63) is 94.9 Å². The number of aromatic nitrogens is 2. The number of hydrogen-bond donors (Lipinski definition) is 2. The summed E-state index contributed by atoms with van der Waals surface area (Å²) in [5.74, 6) is 0.575. The van der Waals surface area contributed by atoms with Gasteiger partial charge >= 0.3 is 0 Å². The van der Waals surface area contributed by atoms with E-state index in [9.17, 15) is 10.1 Å². The molecule has 2 heterocycles. The van der Waals surface area contributed by atoms with Crippen LogP contribution in [0.25, 0.3) is 10.9 Å². The monoisotopic (exact) mass is 556 g/mol. The minimum Gasteiger partial charge on any atom is -0.493 e. The number of likely N-dealkylation sites (N-methyl/N-ethyl adjacent to an activating group) is 1. The van der Waals surface area contributed by atoms with E-state index < -0.39 is 5.91 Å². The average molecular weight is 557 g/mol. The first-order chi connectivity index (χ1) is 19.3. The summed E-state index contributed by atoms with van der Waals surface area (Å²) in [6.07, 6.45) is 6.26. The normalized spacial score (nSPS) is 11.9. The number of nitrogens with two attached hydrogens (primary N) is 1. The molecule has 4 rings (SSSR count). The highest BCUT2D eigenvalue weighted by atomic mass is 35.5. The van der Waals surface area contributed by atoms with Crippen molar-refractivity contribution < 1.29 is 14.3 Å². The van der Waals surface area contributed by atoms with E-state index in [0.717, 1.165) is 11.3 Å². The predicted molar refractivity (Wildman–Crippen MR) is 156 cm³/mol. The van der Waals surface area contributed by atoms with Crippen LogP contribution in [0.15, 0.2) is 73.1 Å². The smallest absolute Gasteiger partial charge is 0.241 e. The lowest BCUT2D eigenvalue weighted by molar-refractivity contribution is -0.113. The Balaban J connectivity index is 1.74. The summed E-state index contributed by atoms with van der Waals surface area (Å²) >= 11 is 6.54. The number of nitrogens with zero attached hydrogens (tertiary/aromatic N) is 4. The fourth-order valence-electron chi connectivity index (χ4n) is 4.18. The molecule has 4 aromatic rings. The van der Waals surface area contributed by atoms with Crippen molar-refractivity contribution in [1.82, 2.24) is 14.9 Å². The molecule has 0 saturated heterocycles. The van der Waals surface area contributed by atoms with Gasteiger partial charge in [-0.3, -0.25) is 19.7 Å². The fourth-order valence-corrected chi connectivity index (χ4v) is 4.42. The molecule has 204 valence electrons. The molecule has 2 aromatic heterocycles. The molecule has 1 atom stereocenters. The van der Waals surface area contributed by atoms with Crippen molar-refractivity contribution in [2.75, 3.05) is 26.0 Å². The summed E-state index contributed by atoms with van der Waals surface area (Å²) in [6.45, 7) is 2.61. The summed E-state index contributed by atoms with van der Waals surface area (Å²) in [6, 6.07) is 16.6. The van der Waals surface area contributed by atoms with Gasteiger partial charge in [-0.05, 0) is 57.4 Å². The highest BCUT2D eigenvalue weighted by Gasteiger charge is 2.20. The van der Waals surface area contributed by atoms with Crippen LogP contribution in [0.5, 0.6) is 11.5 Å². The first-order valence-corrected chi connectivity index (χ1v) is 12.9. The Morgan fingerprint density at radius 1 is 1.18 bits per heavy atom. The highest BCUT2D eigenvalue weighted by Crippen LogP contribution is 2.38. The van der Waals surface area contributed by atoms with E-state index in [4.69, 9.17) is 26.8 Å². The van der Waals surface area contributed by atoms with E-state index in [0.29, 0.717) is 51.0 Å². The van der Waals surface area contributed by atoms with E-state index in [1.807, 2.05) is 62.3 Å². The summed E-state index contributed by atoms with van der Waals surface area (Å²) in [7, 11) is 3.77. The zero-order valence-electron chi connectivity index (χ0n) is 22.4. The largest absolute Gasteiger partial charge is 0.493 e. The molecule has 1 amide bonds. The first-order valence-electron chi connectivity index (χ1n) is 12.5. The van der Waals surface area contributed by atoms with Crippen LogP contribution in [0.3, 0.4) is 0 Å². The van der Waals surface area contributed by atoms with Crippen molar-refractivity contribution in [3.63, 3.8) is 0 Å². The zero-order chi connectivity index (χ0) is 28.6. The van der Waals surface area contributed by atoms with Gasteiger partial charge in [0.25, 0.3) is 0 Å². The Morgan fingerprint density at radius 3 is 2.65 bits per heavy atom. The third kappa shape index (κ3) is 6.67. The molecule has 0 aliphatic rings. The van der Waals surface area contributed by atoms with Gasteiger partial charge in [0.1, 0.15) is 24.2 Å². The van der Waals surface area contributed by atoms with Gasteiger partial charge in [0.15, 0.2) is 0 Å². The number of carbonyl (C=O) groups excluding carboxylic acids is 1. The molecule has 0 aliphatic carbocycles. The van der Waals surface area contributed by atoms with Crippen LogP contribution >= 0.6 is 11.6 Å². The van der Waals surface area contributed by atoms with Crippen LogP contribution < -0.4 is 20.5 Å². The number of halogens is 1. The number of rotatable bonds is 11. The minimum absolute atomic E-state index is 0.281. The molecule has 1 unspecified atom stereocenters. The Morgan fingerprint density at radius 2 is 2.00 bits per heavy atom. The van der Waals surface area contributed by atoms with Gasteiger partial charge in [-0.15, -0.1) is 0 Å². The summed E-state index contributed by atoms with van der Waals surface area (Å²) < 4.78 is 11.8. The zero-order valence-corrected chi connectivity index (χ0v) is 23.1. The van der Waals surface area contributed by atoms with Crippen molar-refractivity contribution in [3.8, 4) is 17.6 Å². The quantitative estimate of drug-likeness (QED) is 0.231. The number of anilines is 2. The lowest BCUT2D eigenvalue weighted by atomic mass is 9.99. The van der Waals surface area contributed by atoms with Crippen molar-refractivity contribution in [2.45, 2.75) is 19.6 Å². The Labute approximate surface area is 237 Å². The second kappa shape index (κ2) is 12.9.